The van der Waals surface area contributed by atoms with Gasteiger partial charge in [-0.1, -0.05) is 90.2 Å². The van der Waals surface area contributed by atoms with Crippen molar-refractivity contribution in [1.82, 2.24) is 4.57 Å². The summed E-state index contributed by atoms with van der Waals surface area (Å²) in [6.45, 7) is 6.46. The van der Waals surface area contributed by atoms with Crippen LogP contribution in [-0.4, -0.2) is 23.8 Å². The van der Waals surface area contributed by atoms with Gasteiger partial charge in [0.25, 0.3) is 5.56 Å². The Kier molecular flexibility index (Phi) is 8.43. The summed E-state index contributed by atoms with van der Waals surface area (Å²) in [5.41, 5.74) is 3.09. The van der Waals surface area contributed by atoms with Gasteiger partial charge in [-0.05, 0) is 55.3 Å². The van der Waals surface area contributed by atoms with Crippen LogP contribution in [0.3, 0.4) is 0 Å². The highest BCUT2D eigenvalue weighted by Crippen LogP contribution is 2.36. The number of esters is 1. The lowest BCUT2D eigenvalue weighted by atomic mass is 9.95. The molecule has 0 bridgehead atoms. The summed E-state index contributed by atoms with van der Waals surface area (Å²) in [6.07, 6.45) is 1.88. The Hall–Kier alpha value is -4.95. The highest BCUT2D eigenvalue weighted by Gasteiger charge is 2.35. The van der Waals surface area contributed by atoms with E-state index in [0.717, 1.165) is 21.9 Å². The second-order valence-corrected chi connectivity index (χ2v) is 11.3. The molecule has 1 aromatic heterocycles. The monoisotopic (exact) mass is 604 g/mol. The molecule has 44 heavy (non-hydrogen) atoms. The molecule has 1 atom stereocenters. The zero-order chi connectivity index (χ0) is 30.6. The zero-order valence-electron chi connectivity index (χ0n) is 24.8. The predicted octanol–water partition coefficient (Wildman–Crippen LogP) is 5.93. The molecule has 0 radical (unpaired) electrons. The second-order valence-electron chi connectivity index (χ2n) is 10.2. The number of carbonyl (C=O) groups is 1. The number of para-hydroxylation sites is 1. The number of carbonyl (C=O) groups excluding carboxylic acids is 1. The van der Waals surface area contributed by atoms with Gasteiger partial charge >= 0.3 is 5.97 Å². The molecule has 1 aliphatic heterocycles. The van der Waals surface area contributed by atoms with Gasteiger partial charge in [-0.15, -0.1) is 0 Å². The quantitative estimate of drug-likeness (QED) is 0.195. The maximum Gasteiger partial charge on any atom is 0.338 e. The van der Waals surface area contributed by atoms with Crippen LogP contribution < -0.4 is 24.4 Å². The Morgan fingerprint density at radius 1 is 0.886 bits per heavy atom. The van der Waals surface area contributed by atoms with Crippen molar-refractivity contribution in [3.8, 4) is 11.5 Å². The molecular weight excluding hydrogens is 572 g/mol. The maximum absolute atomic E-state index is 14.4. The summed E-state index contributed by atoms with van der Waals surface area (Å²) in [5, 5.41) is 1.99. The minimum Gasteiger partial charge on any atom is -0.494 e. The van der Waals surface area contributed by atoms with Crippen molar-refractivity contribution < 1.29 is 19.0 Å². The van der Waals surface area contributed by atoms with Crippen molar-refractivity contribution in [2.75, 3.05) is 13.2 Å². The van der Waals surface area contributed by atoms with Crippen molar-refractivity contribution in [2.45, 2.75) is 33.4 Å². The van der Waals surface area contributed by atoms with Crippen LogP contribution in [0.25, 0.3) is 16.8 Å². The van der Waals surface area contributed by atoms with Crippen LogP contribution in [0.1, 0.15) is 43.5 Å². The molecule has 0 saturated carbocycles. The highest BCUT2D eigenvalue weighted by molar-refractivity contribution is 7.07. The Morgan fingerprint density at radius 2 is 1.64 bits per heavy atom. The van der Waals surface area contributed by atoms with Crippen LogP contribution in [0, 0.1) is 0 Å². The van der Waals surface area contributed by atoms with E-state index in [4.69, 9.17) is 19.2 Å². The van der Waals surface area contributed by atoms with E-state index in [-0.39, 0.29) is 12.2 Å². The normalized spacial score (nSPS) is 14.7. The van der Waals surface area contributed by atoms with Gasteiger partial charge in [0.15, 0.2) is 4.80 Å². The molecule has 0 amide bonds. The third-order valence-corrected chi connectivity index (χ3v) is 8.46. The average molecular weight is 605 g/mol. The number of allylic oxidation sites excluding steroid dienone is 1. The zero-order valence-corrected chi connectivity index (χ0v) is 25.6. The minimum absolute atomic E-state index is 0.201. The fraction of sp³-hybridized carbons (Fsp3) is 0.194. The SMILES string of the molecule is CCOC(=O)C1=C(C)N=c2s/c(=C\c3c(OCc4ccccc4)ccc4ccccc34)c(=O)n2[C@@H]1c1ccccc1OCC. The number of rotatable bonds is 9. The summed E-state index contributed by atoms with van der Waals surface area (Å²) < 4.78 is 19.8. The van der Waals surface area contributed by atoms with Gasteiger partial charge in [-0.25, -0.2) is 9.79 Å². The van der Waals surface area contributed by atoms with Crippen molar-refractivity contribution >= 4 is 34.2 Å². The van der Waals surface area contributed by atoms with Crippen LogP contribution in [0.5, 0.6) is 11.5 Å². The first kappa shape index (κ1) is 29.1. The van der Waals surface area contributed by atoms with Crippen molar-refractivity contribution in [3.63, 3.8) is 0 Å². The lowest BCUT2D eigenvalue weighted by Gasteiger charge is -2.26. The molecule has 0 spiro atoms. The predicted molar refractivity (Wildman–Crippen MR) is 173 cm³/mol. The number of ether oxygens (including phenoxy) is 3. The fourth-order valence-corrected chi connectivity index (χ4v) is 6.52. The van der Waals surface area contributed by atoms with Gasteiger partial charge in [-0.3, -0.25) is 9.36 Å². The molecule has 8 heteroatoms. The van der Waals surface area contributed by atoms with Gasteiger partial charge in [0.05, 0.1) is 29.0 Å². The van der Waals surface area contributed by atoms with Crippen LogP contribution in [0.4, 0.5) is 0 Å². The van der Waals surface area contributed by atoms with E-state index in [1.54, 1.807) is 18.4 Å². The molecule has 0 fully saturated rings. The number of aromatic nitrogens is 1. The van der Waals surface area contributed by atoms with Crippen LogP contribution in [0.15, 0.2) is 112 Å². The topological polar surface area (TPSA) is 79.1 Å². The number of nitrogens with zero attached hydrogens (tertiary/aromatic N) is 2. The van der Waals surface area contributed by atoms with Crippen LogP contribution in [0.2, 0.25) is 0 Å². The van der Waals surface area contributed by atoms with Crippen LogP contribution >= 0.6 is 11.3 Å². The Bertz CT molecular complexity index is 2060. The lowest BCUT2D eigenvalue weighted by Crippen LogP contribution is -2.40. The second kappa shape index (κ2) is 12.7. The number of hydrogen-bond donors (Lipinski definition) is 0. The number of benzene rings is 4. The third-order valence-electron chi connectivity index (χ3n) is 7.47. The van der Waals surface area contributed by atoms with E-state index in [1.807, 2.05) is 104 Å². The van der Waals surface area contributed by atoms with E-state index >= 15 is 0 Å². The average Bonchev–Trinajstić information content (AvgIpc) is 3.34. The third kappa shape index (κ3) is 5.56. The standard InChI is InChI=1S/C36H32N2O5S/c1-4-41-29-18-12-11-17-27(29)33-32(35(40)42-5-2)23(3)37-36-38(33)34(39)31(44-36)21-28-26-16-10-9-15-25(26)19-20-30(28)43-22-24-13-7-6-8-14-24/h6-21,33H,4-5,22H2,1-3H3/b31-21-/t33-/m1/s1. The molecule has 0 saturated heterocycles. The molecule has 2 heterocycles. The lowest BCUT2D eigenvalue weighted by molar-refractivity contribution is -0.139. The van der Waals surface area contributed by atoms with E-state index in [9.17, 15) is 9.59 Å². The summed E-state index contributed by atoms with van der Waals surface area (Å²) in [6, 6.07) is 28.7. The molecule has 222 valence electrons. The smallest absolute Gasteiger partial charge is 0.338 e. The molecule has 4 aromatic carbocycles. The Labute approximate surface area is 259 Å². The van der Waals surface area contributed by atoms with Gasteiger partial charge in [0.2, 0.25) is 0 Å². The van der Waals surface area contributed by atoms with E-state index in [1.165, 1.54) is 11.3 Å². The van der Waals surface area contributed by atoms with Gasteiger partial charge in [-0.2, -0.15) is 0 Å². The molecule has 5 aromatic rings. The first-order chi connectivity index (χ1) is 21.5. The van der Waals surface area contributed by atoms with E-state index in [2.05, 4.69) is 0 Å². The van der Waals surface area contributed by atoms with E-state index < -0.39 is 12.0 Å². The Morgan fingerprint density at radius 3 is 2.43 bits per heavy atom. The molecule has 6 rings (SSSR count). The van der Waals surface area contributed by atoms with Crippen molar-refractivity contribution in [1.29, 1.82) is 0 Å². The van der Waals surface area contributed by atoms with E-state index in [0.29, 0.717) is 50.9 Å². The summed E-state index contributed by atoms with van der Waals surface area (Å²) in [7, 11) is 0. The van der Waals surface area contributed by atoms with Crippen molar-refractivity contribution in [2.24, 2.45) is 4.99 Å². The number of hydrogen-bond acceptors (Lipinski definition) is 7. The minimum atomic E-state index is -0.767. The fourth-order valence-electron chi connectivity index (χ4n) is 5.50. The van der Waals surface area contributed by atoms with Gasteiger partial charge < -0.3 is 14.2 Å². The number of thiazole rings is 1. The van der Waals surface area contributed by atoms with Gasteiger partial charge in [0, 0.05) is 11.1 Å². The molecule has 0 aliphatic carbocycles. The summed E-state index contributed by atoms with van der Waals surface area (Å²) in [4.78, 5) is 32.9. The summed E-state index contributed by atoms with van der Waals surface area (Å²) in [5.74, 6) is 0.752. The number of fused-ring (bicyclic) bond motifs is 2. The maximum atomic E-state index is 14.4. The highest BCUT2D eigenvalue weighted by atomic mass is 32.1. The molecule has 0 unspecified atom stereocenters. The molecule has 1 aliphatic rings. The first-order valence-corrected chi connectivity index (χ1v) is 15.4. The molecule has 0 N–H and O–H groups in total. The van der Waals surface area contributed by atoms with Crippen molar-refractivity contribution in [3.05, 3.63) is 139 Å². The molecular formula is C36H32N2O5S. The summed E-state index contributed by atoms with van der Waals surface area (Å²) >= 11 is 1.28. The van der Waals surface area contributed by atoms with Crippen LogP contribution in [-0.2, 0) is 16.1 Å². The largest absolute Gasteiger partial charge is 0.494 e. The Balaban J connectivity index is 1.55. The first-order valence-electron chi connectivity index (χ1n) is 14.6. The molecule has 7 nitrogen and oxygen atoms in total. The van der Waals surface area contributed by atoms with Gasteiger partial charge in [0.1, 0.15) is 24.1 Å².